The summed E-state index contributed by atoms with van der Waals surface area (Å²) < 4.78 is 26.7. The highest BCUT2D eigenvalue weighted by Crippen LogP contribution is 2.14. The Morgan fingerprint density at radius 2 is 1.81 bits per heavy atom. The van der Waals surface area contributed by atoms with Gasteiger partial charge in [0.15, 0.2) is 0 Å². The van der Waals surface area contributed by atoms with E-state index in [1.807, 2.05) is 0 Å². The standard InChI is InChI=1S/C17H12F2N4O2S/c18-10-4-3-5-11(8-10)21-16(25)17-23-22-14(26-17)9-20-15(24)12-6-1-2-7-13(12)19/h1-8H,9H2,(H,20,24)(H,21,25). The first-order chi connectivity index (χ1) is 12.5. The number of halogens is 2. The molecule has 6 nitrogen and oxygen atoms in total. The van der Waals surface area contributed by atoms with Gasteiger partial charge in [-0.2, -0.15) is 0 Å². The first-order valence-corrected chi connectivity index (χ1v) is 8.26. The lowest BCUT2D eigenvalue weighted by molar-refractivity contribution is 0.0946. The predicted molar refractivity (Wildman–Crippen MR) is 91.8 cm³/mol. The van der Waals surface area contributed by atoms with Gasteiger partial charge < -0.3 is 10.6 Å². The van der Waals surface area contributed by atoms with Gasteiger partial charge in [-0.05, 0) is 30.3 Å². The normalized spacial score (nSPS) is 10.4. The molecular weight excluding hydrogens is 362 g/mol. The Bertz CT molecular complexity index is 961. The van der Waals surface area contributed by atoms with E-state index in [-0.39, 0.29) is 17.1 Å². The number of benzene rings is 2. The second-order valence-corrected chi connectivity index (χ2v) is 6.19. The summed E-state index contributed by atoms with van der Waals surface area (Å²) in [5.74, 6) is -2.24. The van der Waals surface area contributed by atoms with Crippen molar-refractivity contribution in [2.75, 3.05) is 5.32 Å². The van der Waals surface area contributed by atoms with Crippen LogP contribution in [0.15, 0.2) is 48.5 Å². The summed E-state index contributed by atoms with van der Waals surface area (Å²) >= 11 is 0.969. The molecule has 132 valence electrons. The SMILES string of the molecule is O=C(Nc1cccc(F)c1)c1nnc(CNC(=O)c2ccccc2F)s1. The van der Waals surface area contributed by atoms with Crippen LogP contribution in [-0.4, -0.2) is 22.0 Å². The molecule has 0 fully saturated rings. The molecule has 2 amide bonds. The van der Waals surface area contributed by atoms with Crippen LogP contribution in [0.3, 0.4) is 0 Å². The number of nitrogens with one attached hydrogen (secondary N) is 2. The molecule has 0 atom stereocenters. The molecule has 26 heavy (non-hydrogen) atoms. The fourth-order valence-corrected chi connectivity index (χ4v) is 2.74. The quantitative estimate of drug-likeness (QED) is 0.719. The van der Waals surface area contributed by atoms with Crippen molar-refractivity contribution in [3.05, 3.63) is 75.7 Å². The van der Waals surface area contributed by atoms with Gasteiger partial charge in [-0.1, -0.05) is 29.5 Å². The van der Waals surface area contributed by atoms with Gasteiger partial charge in [0.05, 0.1) is 12.1 Å². The van der Waals surface area contributed by atoms with Crippen molar-refractivity contribution in [1.29, 1.82) is 0 Å². The summed E-state index contributed by atoms with van der Waals surface area (Å²) in [6, 6.07) is 11.0. The van der Waals surface area contributed by atoms with Gasteiger partial charge in [0.25, 0.3) is 11.8 Å². The highest BCUT2D eigenvalue weighted by Gasteiger charge is 2.15. The summed E-state index contributed by atoms with van der Waals surface area (Å²) in [6.45, 7) is -0.00191. The zero-order valence-electron chi connectivity index (χ0n) is 13.2. The highest BCUT2D eigenvalue weighted by molar-refractivity contribution is 7.13. The van der Waals surface area contributed by atoms with E-state index in [4.69, 9.17) is 0 Å². The van der Waals surface area contributed by atoms with Gasteiger partial charge in [0, 0.05) is 5.69 Å². The van der Waals surface area contributed by atoms with Crippen LogP contribution in [-0.2, 0) is 6.54 Å². The molecule has 1 heterocycles. The molecule has 0 aliphatic carbocycles. The molecule has 9 heteroatoms. The van der Waals surface area contributed by atoms with E-state index in [1.165, 1.54) is 42.5 Å². The third-order valence-electron chi connectivity index (χ3n) is 3.26. The zero-order chi connectivity index (χ0) is 18.5. The minimum atomic E-state index is -0.627. The maximum atomic E-state index is 13.5. The number of rotatable bonds is 5. The van der Waals surface area contributed by atoms with Crippen molar-refractivity contribution in [2.24, 2.45) is 0 Å². The van der Waals surface area contributed by atoms with Crippen LogP contribution < -0.4 is 10.6 Å². The third kappa shape index (κ3) is 4.25. The van der Waals surface area contributed by atoms with Crippen molar-refractivity contribution in [3.8, 4) is 0 Å². The second kappa shape index (κ2) is 7.79. The van der Waals surface area contributed by atoms with Gasteiger partial charge in [-0.3, -0.25) is 9.59 Å². The molecular formula is C17H12F2N4O2S. The average molecular weight is 374 g/mol. The molecule has 2 N–H and O–H groups in total. The average Bonchev–Trinajstić information content (AvgIpc) is 3.09. The Morgan fingerprint density at radius 1 is 1.00 bits per heavy atom. The Balaban J connectivity index is 1.60. The number of carbonyl (C=O) groups is 2. The van der Waals surface area contributed by atoms with Crippen molar-refractivity contribution >= 4 is 28.8 Å². The number of carbonyl (C=O) groups excluding carboxylic acids is 2. The van der Waals surface area contributed by atoms with E-state index in [9.17, 15) is 18.4 Å². The summed E-state index contributed by atoms with van der Waals surface area (Å²) in [6.07, 6.45) is 0. The molecule has 0 saturated heterocycles. The molecule has 0 unspecified atom stereocenters. The largest absolute Gasteiger partial charge is 0.345 e. The van der Waals surface area contributed by atoms with Gasteiger partial charge in [-0.15, -0.1) is 10.2 Å². The van der Waals surface area contributed by atoms with Crippen LogP contribution in [0.1, 0.15) is 25.2 Å². The Labute approximate surface area is 150 Å². The Morgan fingerprint density at radius 3 is 2.58 bits per heavy atom. The van der Waals surface area contributed by atoms with Crippen LogP contribution in [0.2, 0.25) is 0 Å². The molecule has 0 aliphatic rings. The highest BCUT2D eigenvalue weighted by atomic mass is 32.1. The third-order valence-corrected chi connectivity index (χ3v) is 4.18. The molecule has 3 aromatic rings. The van der Waals surface area contributed by atoms with Crippen molar-refractivity contribution < 1.29 is 18.4 Å². The molecule has 1 aromatic heterocycles. The number of nitrogens with zero attached hydrogens (tertiary/aromatic N) is 2. The molecule has 0 radical (unpaired) electrons. The van der Waals surface area contributed by atoms with Crippen LogP contribution in [0, 0.1) is 11.6 Å². The lowest BCUT2D eigenvalue weighted by atomic mass is 10.2. The van der Waals surface area contributed by atoms with E-state index in [0.717, 1.165) is 11.3 Å². The Hall–Kier alpha value is -3.20. The van der Waals surface area contributed by atoms with Crippen LogP contribution in [0.4, 0.5) is 14.5 Å². The number of hydrogen-bond acceptors (Lipinski definition) is 5. The van der Waals surface area contributed by atoms with Crippen molar-refractivity contribution in [1.82, 2.24) is 15.5 Å². The number of anilines is 1. The summed E-state index contributed by atoms with van der Waals surface area (Å²) in [7, 11) is 0. The van der Waals surface area contributed by atoms with Crippen molar-refractivity contribution in [3.63, 3.8) is 0 Å². The number of amides is 2. The zero-order valence-corrected chi connectivity index (χ0v) is 14.0. The molecule has 0 spiro atoms. The predicted octanol–water partition coefficient (Wildman–Crippen LogP) is 3.00. The summed E-state index contributed by atoms with van der Waals surface area (Å²) in [5.41, 5.74) is 0.209. The van der Waals surface area contributed by atoms with Gasteiger partial charge >= 0.3 is 0 Å². The van der Waals surface area contributed by atoms with Gasteiger partial charge in [0.1, 0.15) is 16.6 Å². The minimum Gasteiger partial charge on any atom is -0.345 e. The fourth-order valence-electron chi connectivity index (χ4n) is 2.06. The van der Waals surface area contributed by atoms with E-state index in [2.05, 4.69) is 20.8 Å². The number of aromatic nitrogens is 2. The monoisotopic (exact) mass is 374 g/mol. The van der Waals surface area contributed by atoms with Crippen LogP contribution in [0.25, 0.3) is 0 Å². The molecule has 0 saturated carbocycles. The summed E-state index contributed by atoms with van der Waals surface area (Å²) in [5, 5.41) is 13.0. The first-order valence-electron chi connectivity index (χ1n) is 7.45. The summed E-state index contributed by atoms with van der Waals surface area (Å²) in [4.78, 5) is 24.0. The molecule has 0 bridgehead atoms. The maximum absolute atomic E-state index is 13.5. The number of hydrogen-bond donors (Lipinski definition) is 2. The van der Waals surface area contributed by atoms with Crippen molar-refractivity contribution in [2.45, 2.75) is 6.54 Å². The maximum Gasteiger partial charge on any atom is 0.286 e. The van der Waals surface area contributed by atoms with E-state index in [0.29, 0.717) is 10.7 Å². The topological polar surface area (TPSA) is 84.0 Å². The van der Waals surface area contributed by atoms with Crippen LogP contribution >= 0.6 is 11.3 Å². The van der Waals surface area contributed by atoms with Crippen LogP contribution in [0.5, 0.6) is 0 Å². The minimum absolute atomic E-state index is 0.00191. The lowest BCUT2D eigenvalue weighted by Crippen LogP contribution is -2.23. The van der Waals surface area contributed by atoms with Gasteiger partial charge in [0.2, 0.25) is 5.01 Å². The Kier molecular flexibility index (Phi) is 5.28. The lowest BCUT2D eigenvalue weighted by Gasteiger charge is -2.03. The fraction of sp³-hybridized carbons (Fsp3) is 0.0588. The van der Waals surface area contributed by atoms with E-state index < -0.39 is 23.4 Å². The second-order valence-electron chi connectivity index (χ2n) is 5.13. The van der Waals surface area contributed by atoms with Gasteiger partial charge in [-0.25, -0.2) is 8.78 Å². The molecule has 0 aliphatic heterocycles. The smallest absolute Gasteiger partial charge is 0.286 e. The first kappa shape index (κ1) is 17.6. The van der Waals surface area contributed by atoms with E-state index >= 15 is 0 Å². The molecule has 3 rings (SSSR count). The molecule has 2 aromatic carbocycles. The van der Waals surface area contributed by atoms with E-state index in [1.54, 1.807) is 6.07 Å².